The number of benzene rings is 1. The fourth-order valence-electron chi connectivity index (χ4n) is 2.81. The Morgan fingerprint density at radius 2 is 2.16 bits per heavy atom. The van der Waals surface area contributed by atoms with Crippen molar-refractivity contribution in [3.8, 4) is 5.75 Å². The Morgan fingerprint density at radius 3 is 2.76 bits per heavy atom. The Morgan fingerprint density at radius 1 is 1.40 bits per heavy atom. The number of nitrogens with zero attached hydrogens (tertiary/aromatic N) is 3. The molecule has 0 unspecified atom stereocenters. The van der Waals surface area contributed by atoms with E-state index in [1.807, 2.05) is 56.0 Å². The molecule has 25 heavy (non-hydrogen) atoms. The van der Waals surface area contributed by atoms with Crippen LogP contribution in [0.3, 0.4) is 0 Å². The predicted molar refractivity (Wildman–Crippen MR) is 99.8 cm³/mol. The molecule has 1 heterocycles. The summed E-state index contributed by atoms with van der Waals surface area (Å²) in [5, 5.41) is 7.66. The Labute approximate surface area is 149 Å². The molecule has 1 aromatic heterocycles. The van der Waals surface area contributed by atoms with E-state index < -0.39 is 0 Å². The zero-order valence-corrected chi connectivity index (χ0v) is 15.7. The Hall–Kier alpha value is -2.50. The largest absolute Gasteiger partial charge is 0.497 e. The SMILES string of the molecule is CC[C@H](Nc1cccc(OC)c1)C(=O)N(C)Cc1cnn(CC)c1C. The first-order chi connectivity index (χ1) is 12.0. The lowest BCUT2D eigenvalue weighted by molar-refractivity contribution is -0.131. The molecule has 2 rings (SSSR count). The second-order valence-corrected chi connectivity index (χ2v) is 6.10. The smallest absolute Gasteiger partial charge is 0.245 e. The van der Waals surface area contributed by atoms with E-state index in [0.29, 0.717) is 13.0 Å². The minimum absolute atomic E-state index is 0.0639. The number of hydrogen-bond acceptors (Lipinski definition) is 4. The summed E-state index contributed by atoms with van der Waals surface area (Å²) in [6.45, 7) is 7.49. The number of nitrogens with one attached hydrogen (secondary N) is 1. The van der Waals surface area contributed by atoms with Gasteiger partial charge in [0, 0.05) is 43.1 Å². The fourth-order valence-corrected chi connectivity index (χ4v) is 2.81. The first-order valence-corrected chi connectivity index (χ1v) is 8.66. The fraction of sp³-hybridized carbons (Fsp3) is 0.474. The van der Waals surface area contributed by atoms with Crippen molar-refractivity contribution in [3.05, 3.63) is 41.7 Å². The van der Waals surface area contributed by atoms with Gasteiger partial charge in [-0.05, 0) is 32.4 Å². The maximum Gasteiger partial charge on any atom is 0.245 e. The van der Waals surface area contributed by atoms with Gasteiger partial charge in [0.1, 0.15) is 11.8 Å². The summed E-state index contributed by atoms with van der Waals surface area (Å²) in [4.78, 5) is 14.6. The summed E-state index contributed by atoms with van der Waals surface area (Å²) < 4.78 is 7.18. The molecule has 136 valence electrons. The van der Waals surface area contributed by atoms with Gasteiger partial charge in [0.15, 0.2) is 0 Å². The summed E-state index contributed by atoms with van der Waals surface area (Å²) in [6, 6.07) is 7.34. The number of anilines is 1. The molecule has 2 aromatic rings. The van der Waals surface area contributed by atoms with Crippen LogP contribution in [0.25, 0.3) is 0 Å². The molecular formula is C19H28N4O2. The molecule has 0 bridgehead atoms. The van der Waals surface area contributed by atoms with Gasteiger partial charge in [0.05, 0.1) is 13.3 Å². The average molecular weight is 344 g/mol. The Bertz CT molecular complexity index is 711. The summed E-state index contributed by atoms with van der Waals surface area (Å²) in [5.74, 6) is 0.831. The normalized spacial score (nSPS) is 11.9. The highest BCUT2D eigenvalue weighted by atomic mass is 16.5. The summed E-state index contributed by atoms with van der Waals surface area (Å²) in [6.07, 6.45) is 2.55. The number of aromatic nitrogens is 2. The van der Waals surface area contributed by atoms with E-state index in [9.17, 15) is 4.79 Å². The van der Waals surface area contributed by atoms with Crippen LogP contribution in [-0.4, -0.2) is 40.8 Å². The van der Waals surface area contributed by atoms with Crippen LogP contribution < -0.4 is 10.1 Å². The van der Waals surface area contributed by atoms with Crippen LogP contribution in [0.15, 0.2) is 30.5 Å². The van der Waals surface area contributed by atoms with Crippen molar-refractivity contribution in [2.45, 2.75) is 46.3 Å². The molecule has 1 aromatic carbocycles. The number of likely N-dealkylation sites (N-methyl/N-ethyl adjacent to an activating group) is 1. The van der Waals surface area contributed by atoms with Gasteiger partial charge in [0.2, 0.25) is 5.91 Å². The monoisotopic (exact) mass is 344 g/mol. The quantitative estimate of drug-likeness (QED) is 0.799. The van der Waals surface area contributed by atoms with Gasteiger partial charge >= 0.3 is 0 Å². The molecule has 0 spiro atoms. The first-order valence-electron chi connectivity index (χ1n) is 8.66. The van der Waals surface area contributed by atoms with Crippen LogP contribution in [0.2, 0.25) is 0 Å². The van der Waals surface area contributed by atoms with Gasteiger partial charge in [-0.25, -0.2) is 0 Å². The van der Waals surface area contributed by atoms with Crippen molar-refractivity contribution in [1.82, 2.24) is 14.7 Å². The minimum atomic E-state index is -0.279. The van der Waals surface area contributed by atoms with E-state index in [4.69, 9.17) is 4.74 Å². The maximum atomic E-state index is 12.8. The number of methoxy groups -OCH3 is 1. The lowest BCUT2D eigenvalue weighted by Crippen LogP contribution is -2.40. The molecule has 1 amide bonds. The molecule has 0 radical (unpaired) electrons. The number of ether oxygens (including phenoxy) is 1. The van der Waals surface area contributed by atoms with E-state index in [1.54, 1.807) is 12.0 Å². The molecule has 0 fully saturated rings. The second kappa shape index (κ2) is 8.55. The van der Waals surface area contributed by atoms with E-state index in [-0.39, 0.29) is 11.9 Å². The number of hydrogen-bond donors (Lipinski definition) is 1. The van der Waals surface area contributed by atoms with Crippen LogP contribution in [0, 0.1) is 6.92 Å². The van der Waals surface area contributed by atoms with Crippen LogP contribution >= 0.6 is 0 Å². The number of carbonyl (C=O) groups excluding carboxylic acids is 1. The van der Waals surface area contributed by atoms with Crippen molar-refractivity contribution < 1.29 is 9.53 Å². The van der Waals surface area contributed by atoms with Crippen molar-refractivity contribution in [1.29, 1.82) is 0 Å². The minimum Gasteiger partial charge on any atom is -0.497 e. The highest BCUT2D eigenvalue weighted by Gasteiger charge is 2.21. The highest BCUT2D eigenvalue weighted by molar-refractivity contribution is 5.84. The summed E-state index contributed by atoms with van der Waals surface area (Å²) in [5.41, 5.74) is 3.06. The van der Waals surface area contributed by atoms with Crippen LogP contribution in [0.4, 0.5) is 5.69 Å². The van der Waals surface area contributed by atoms with Crippen molar-refractivity contribution >= 4 is 11.6 Å². The molecule has 1 N–H and O–H groups in total. The van der Waals surface area contributed by atoms with Gasteiger partial charge in [-0.15, -0.1) is 0 Å². The highest BCUT2D eigenvalue weighted by Crippen LogP contribution is 2.19. The molecular weight excluding hydrogens is 316 g/mol. The number of aryl methyl sites for hydroxylation is 1. The van der Waals surface area contributed by atoms with Crippen molar-refractivity contribution in [2.75, 3.05) is 19.5 Å². The molecule has 0 saturated heterocycles. The lowest BCUT2D eigenvalue weighted by Gasteiger charge is -2.24. The molecule has 6 heteroatoms. The third-order valence-electron chi connectivity index (χ3n) is 4.41. The summed E-state index contributed by atoms with van der Waals surface area (Å²) >= 11 is 0. The van der Waals surface area contributed by atoms with E-state index in [1.165, 1.54) is 0 Å². The Kier molecular flexibility index (Phi) is 6.44. The van der Waals surface area contributed by atoms with Gasteiger partial charge < -0.3 is 15.0 Å². The van der Waals surface area contributed by atoms with Crippen molar-refractivity contribution in [3.63, 3.8) is 0 Å². The van der Waals surface area contributed by atoms with Gasteiger partial charge in [-0.1, -0.05) is 13.0 Å². The summed E-state index contributed by atoms with van der Waals surface area (Å²) in [7, 11) is 3.47. The second-order valence-electron chi connectivity index (χ2n) is 6.10. The van der Waals surface area contributed by atoms with Crippen molar-refractivity contribution in [2.24, 2.45) is 0 Å². The molecule has 0 aliphatic rings. The standard InChI is InChI=1S/C19H28N4O2/c1-6-18(21-16-9-8-10-17(11-16)25-5)19(24)22(4)13-15-12-20-23(7-2)14(15)3/h8-12,18,21H,6-7,13H2,1-5H3/t18-/m0/s1. The molecule has 0 aliphatic carbocycles. The third kappa shape index (κ3) is 4.53. The lowest BCUT2D eigenvalue weighted by atomic mass is 10.1. The zero-order chi connectivity index (χ0) is 18.4. The number of carbonyl (C=O) groups is 1. The third-order valence-corrected chi connectivity index (χ3v) is 4.41. The van der Waals surface area contributed by atoms with E-state index in [2.05, 4.69) is 17.3 Å². The van der Waals surface area contributed by atoms with E-state index >= 15 is 0 Å². The number of rotatable bonds is 8. The van der Waals surface area contributed by atoms with Gasteiger partial charge in [0.25, 0.3) is 0 Å². The van der Waals surface area contributed by atoms with Gasteiger partial charge in [-0.2, -0.15) is 5.10 Å². The zero-order valence-electron chi connectivity index (χ0n) is 15.7. The molecule has 0 aliphatic heterocycles. The topological polar surface area (TPSA) is 59.4 Å². The molecule has 1 atom stereocenters. The molecule has 6 nitrogen and oxygen atoms in total. The predicted octanol–water partition coefficient (Wildman–Crippen LogP) is 3.07. The number of amides is 1. The van der Waals surface area contributed by atoms with Gasteiger partial charge in [-0.3, -0.25) is 9.48 Å². The molecule has 0 saturated carbocycles. The average Bonchev–Trinajstić information content (AvgIpc) is 2.98. The van der Waals surface area contributed by atoms with E-state index in [0.717, 1.165) is 29.2 Å². The Balaban J connectivity index is 2.05. The first kappa shape index (κ1) is 18.8. The van der Waals surface area contributed by atoms with Crippen LogP contribution in [0.5, 0.6) is 5.75 Å². The maximum absolute atomic E-state index is 12.8. The van der Waals surface area contributed by atoms with Crippen LogP contribution in [-0.2, 0) is 17.9 Å². The van der Waals surface area contributed by atoms with Crippen LogP contribution in [0.1, 0.15) is 31.5 Å².